The number of sulfone groups is 1. The minimum atomic E-state index is -3.27. The second-order valence-electron chi connectivity index (χ2n) is 4.89. The number of hydrogen-bond acceptors (Lipinski definition) is 3. The predicted molar refractivity (Wildman–Crippen MR) is 84.3 cm³/mol. The van der Waals surface area contributed by atoms with E-state index in [-0.39, 0.29) is 10.7 Å². The fraction of sp³-hybridized carbons (Fsp3) is 0.200. The molecule has 0 aliphatic heterocycles. The van der Waals surface area contributed by atoms with Crippen LogP contribution in [-0.4, -0.2) is 14.7 Å². The molecule has 0 aliphatic rings. The number of nitrogens with two attached hydrogens (primary N) is 1. The van der Waals surface area contributed by atoms with E-state index in [2.05, 4.69) is 15.9 Å². The minimum absolute atomic E-state index is 0.230. The summed E-state index contributed by atoms with van der Waals surface area (Å²) in [7, 11) is -3.27. The van der Waals surface area contributed by atoms with Gasteiger partial charge < -0.3 is 5.73 Å². The average molecular weight is 372 g/mol. The zero-order valence-corrected chi connectivity index (χ0v) is 13.8. The largest absolute Gasteiger partial charge is 0.324 e. The van der Waals surface area contributed by atoms with Gasteiger partial charge >= 0.3 is 0 Å². The van der Waals surface area contributed by atoms with E-state index in [1.54, 1.807) is 24.3 Å². The highest BCUT2D eigenvalue weighted by Gasteiger charge is 2.13. The van der Waals surface area contributed by atoms with Crippen LogP contribution < -0.4 is 5.73 Å². The van der Waals surface area contributed by atoms with Crippen molar-refractivity contribution in [2.24, 2.45) is 5.73 Å². The highest BCUT2D eigenvalue weighted by molar-refractivity contribution is 9.10. The molecular weight excluding hydrogens is 357 g/mol. The van der Waals surface area contributed by atoms with Crippen molar-refractivity contribution in [1.29, 1.82) is 0 Å². The summed E-state index contributed by atoms with van der Waals surface area (Å²) in [6, 6.07) is 10.5. The Bertz CT molecular complexity index is 762. The maximum Gasteiger partial charge on any atom is 0.175 e. The van der Waals surface area contributed by atoms with E-state index in [1.165, 1.54) is 18.2 Å². The maximum absolute atomic E-state index is 13.3. The van der Waals surface area contributed by atoms with Crippen LogP contribution in [-0.2, 0) is 16.3 Å². The van der Waals surface area contributed by atoms with Gasteiger partial charge in [0.2, 0.25) is 0 Å². The molecule has 0 heterocycles. The first kappa shape index (κ1) is 16.1. The van der Waals surface area contributed by atoms with Gasteiger partial charge in [-0.2, -0.15) is 0 Å². The van der Waals surface area contributed by atoms with Gasteiger partial charge in [0.05, 0.1) is 4.90 Å². The number of hydrogen-bond donors (Lipinski definition) is 1. The lowest BCUT2D eigenvalue weighted by Gasteiger charge is -2.14. The first-order valence-electron chi connectivity index (χ1n) is 6.27. The Labute approximate surface area is 132 Å². The van der Waals surface area contributed by atoms with E-state index in [1.807, 2.05) is 0 Å². The van der Waals surface area contributed by atoms with Crippen molar-refractivity contribution in [3.63, 3.8) is 0 Å². The lowest BCUT2D eigenvalue weighted by Crippen LogP contribution is -2.14. The summed E-state index contributed by atoms with van der Waals surface area (Å²) in [5.74, 6) is -0.328. The number of halogens is 2. The summed E-state index contributed by atoms with van der Waals surface area (Å²) in [5, 5.41) is 0. The Kier molecular flexibility index (Phi) is 4.81. The molecule has 2 rings (SSSR count). The van der Waals surface area contributed by atoms with E-state index >= 15 is 0 Å². The molecule has 0 radical (unpaired) electrons. The van der Waals surface area contributed by atoms with Gasteiger partial charge in [-0.3, -0.25) is 0 Å². The molecular formula is C15H15BrFNO2S. The van der Waals surface area contributed by atoms with Crippen molar-refractivity contribution >= 4 is 25.8 Å². The fourth-order valence-corrected chi connectivity index (χ4v) is 3.11. The predicted octanol–water partition coefficient (Wildman–Crippen LogP) is 3.23. The molecule has 3 nitrogen and oxygen atoms in total. The molecule has 1 unspecified atom stereocenters. The minimum Gasteiger partial charge on any atom is -0.324 e. The highest BCUT2D eigenvalue weighted by Crippen LogP contribution is 2.24. The molecule has 2 N–H and O–H groups in total. The van der Waals surface area contributed by atoms with Crippen LogP contribution in [0.25, 0.3) is 0 Å². The molecule has 6 heteroatoms. The molecule has 0 saturated carbocycles. The normalized spacial score (nSPS) is 13.1. The molecule has 21 heavy (non-hydrogen) atoms. The van der Waals surface area contributed by atoms with Crippen LogP contribution in [0, 0.1) is 5.82 Å². The molecule has 112 valence electrons. The highest BCUT2D eigenvalue weighted by atomic mass is 79.9. The van der Waals surface area contributed by atoms with Crippen molar-refractivity contribution in [3.05, 3.63) is 63.9 Å². The lowest BCUT2D eigenvalue weighted by atomic mass is 10.00. The van der Waals surface area contributed by atoms with Crippen molar-refractivity contribution in [2.75, 3.05) is 6.26 Å². The zero-order chi connectivity index (χ0) is 15.6. The van der Waals surface area contributed by atoms with E-state index in [0.717, 1.165) is 16.3 Å². The second-order valence-corrected chi connectivity index (χ2v) is 7.76. The summed E-state index contributed by atoms with van der Waals surface area (Å²) in [4.78, 5) is 0.230. The quantitative estimate of drug-likeness (QED) is 0.897. The van der Waals surface area contributed by atoms with Crippen LogP contribution in [0.1, 0.15) is 17.2 Å². The lowest BCUT2D eigenvalue weighted by molar-refractivity contribution is 0.601. The first-order chi connectivity index (χ1) is 9.77. The Morgan fingerprint density at radius 3 is 2.62 bits per heavy atom. The van der Waals surface area contributed by atoms with Crippen LogP contribution in [0.2, 0.25) is 0 Å². The Balaban J connectivity index is 2.28. The molecule has 0 saturated heterocycles. The number of rotatable bonds is 4. The topological polar surface area (TPSA) is 60.2 Å². The van der Waals surface area contributed by atoms with Crippen LogP contribution in [0.5, 0.6) is 0 Å². The van der Waals surface area contributed by atoms with Crippen LogP contribution in [0.15, 0.2) is 51.8 Å². The van der Waals surface area contributed by atoms with Gasteiger partial charge in [-0.1, -0.05) is 28.1 Å². The van der Waals surface area contributed by atoms with Crippen LogP contribution in [0.3, 0.4) is 0 Å². The monoisotopic (exact) mass is 371 g/mol. The third-order valence-electron chi connectivity index (χ3n) is 3.16. The van der Waals surface area contributed by atoms with Gasteiger partial charge in [-0.05, 0) is 47.9 Å². The van der Waals surface area contributed by atoms with Gasteiger partial charge in [-0.15, -0.1) is 0 Å². The molecule has 2 aromatic carbocycles. The maximum atomic E-state index is 13.3. The van der Waals surface area contributed by atoms with Gasteiger partial charge in [0.25, 0.3) is 0 Å². The van der Waals surface area contributed by atoms with Gasteiger partial charge in [0.15, 0.2) is 9.84 Å². The van der Waals surface area contributed by atoms with Crippen molar-refractivity contribution in [3.8, 4) is 0 Å². The Hall–Kier alpha value is -1.24. The summed E-state index contributed by atoms with van der Waals surface area (Å²) in [6.07, 6.45) is 1.56. The van der Waals surface area contributed by atoms with Crippen LogP contribution in [0.4, 0.5) is 4.39 Å². The smallest absolute Gasteiger partial charge is 0.175 e. The standard InChI is InChI=1S/C15H15BrFNO2S/c1-21(19,20)13-4-2-3-10(8-13)15(18)9-11-7-12(17)5-6-14(11)16/h2-8,15H,9,18H2,1H3. The van der Waals surface area contributed by atoms with Gasteiger partial charge in [-0.25, -0.2) is 12.8 Å². The third-order valence-corrected chi connectivity index (χ3v) is 5.05. The summed E-state index contributed by atoms with van der Waals surface area (Å²) in [5.41, 5.74) is 7.57. The molecule has 0 fully saturated rings. The van der Waals surface area contributed by atoms with E-state index in [4.69, 9.17) is 5.73 Å². The Morgan fingerprint density at radius 1 is 1.24 bits per heavy atom. The molecule has 0 bridgehead atoms. The van der Waals surface area contributed by atoms with Crippen LogP contribution >= 0.6 is 15.9 Å². The SMILES string of the molecule is CS(=O)(=O)c1cccc(C(N)Cc2cc(F)ccc2Br)c1. The van der Waals surface area contributed by atoms with Crippen molar-refractivity contribution < 1.29 is 12.8 Å². The summed E-state index contributed by atoms with van der Waals surface area (Å²) in [6.45, 7) is 0. The average Bonchev–Trinajstić information content (AvgIpc) is 2.42. The first-order valence-corrected chi connectivity index (χ1v) is 8.95. The van der Waals surface area contributed by atoms with Gasteiger partial charge in [0.1, 0.15) is 5.82 Å². The van der Waals surface area contributed by atoms with Crippen molar-refractivity contribution in [2.45, 2.75) is 17.4 Å². The zero-order valence-electron chi connectivity index (χ0n) is 11.4. The molecule has 0 amide bonds. The third kappa shape index (κ3) is 4.12. The van der Waals surface area contributed by atoms with E-state index in [9.17, 15) is 12.8 Å². The van der Waals surface area contributed by atoms with Gasteiger partial charge in [0, 0.05) is 16.8 Å². The molecule has 2 aromatic rings. The summed E-state index contributed by atoms with van der Waals surface area (Å²) >= 11 is 3.36. The molecule has 1 atom stereocenters. The van der Waals surface area contributed by atoms with Crippen molar-refractivity contribution in [1.82, 2.24) is 0 Å². The summed E-state index contributed by atoms with van der Waals surface area (Å²) < 4.78 is 37.2. The van der Waals surface area contributed by atoms with E-state index < -0.39 is 15.9 Å². The van der Waals surface area contributed by atoms with E-state index in [0.29, 0.717) is 12.0 Å². The number of benzene rings is 2. The fourth-order valence-electron chi connectivity index (χ4n) is 2.03. The molecule has 0 aliphatic carbocycles. The Morgan fingerprint density at radius 2 is 1.95 bits per heavy atom. The molecule has 0 aromatic heterocycles. The molecule has 0 spiro atoms. The second kappa shape index (κ2) is 6.25.